The third kappa shape index (κ3) is 1.21. The number of aliphatic hydroxyl groups is 1. The molecule has 0 aliphatic carbocycles. The van der Waals surface area contributed by atoms with Gasteiger partial charge >= 0.3 is 0 Å². The second-order valence-corrected chi connectivity index (χ2v) is 2.96. The fourth-order valence-corrected chi connectivity index (χ4v) is 1.10. The van der Waals surface area contributed by atoms with E-state index in [2.05, 4.69) is 5.16 Å². The smallest absolute Gasteiger partial charge is 0.237 e. The molecule has 2 rings (SSSR count). The third-order valence-corrected chi connectivity index (χ3v) is 1.65. The van der Waals surface area contributed by atoms with Crippen LogP contribution in [0.4, 0.5) is 0 Å². The maximum absolute atomic E-state index is 9.39. The normalized spacial score (nSPS) is 28.3. The quantitative estimate of drug-likeness (QED) is 0.681. The van der Waals surface area contributed by atoms with Gasteiger partial charge in [-0.1, -0.05) is 5.16 Å². The Bertz CT molecular complexity index is 300. The number of oxime groups is 1. The van der Waals surface area contributed by atoms with Crippen LogP contribution in [0.2, 0.25) is 0 Å². The monoisotopic (exact) mass is 167 g/mol. The van der Waals surface area contributed by atoms with Gasteiger partial charge in [-0.3, -0.25) is 0 Å². The molecule has 0 fully saturated rings. The first-order valence-corrected chi connectivity index (χ1v) is 3.69. The van der Waals surface area contributed by atoms with Crippen LogP contribution in [-0.2, 0) is 4.84 Å². The summed E-state index contributed by atoms with van der Waals surface area (Å²) in [7, 11) is 0. The molecule has 1 atom stereocenters. The van der Waals surface area contributed by atoms with E-state index < -0.39 is 5.79 Å². The fourth-order valence-electron chi connectivity index (χ4n) is 1.10. The molecule has 0 radical (unpaired) electrons. The fraction of sp³-hybridized carbons (Fsp3) is 0.375. The van der Waals surface area contributed by atoms with Crippen LogP contribution in [0.5, 0.6) is 0 Å². The average Bonchev–Trinajstić information content (AvgIpc) is 2.55. The summed E-state index contributed by atoms with van der Waals surface area (Å²) in [5.74, 6) is -0.532. The van der Waals surface area contributed by atoms with Crippen molar-refractivity contribution in [2.24, 2.45) is 5.16 Å². The summed E-state index contributed by atoms with van der Waals surface area (Å²) in [5, 5.41) is 13.1. The highest BCUT2D eigenvalue weighted by atomic mass is 16.7. The molecule has 1 N–H and O–H groups in total. The topological polar surface area (TPSA) is 55.0 Å². The summed E-state index contributed by atoms with van der Waals surface area (Å²) in [6, 6.07) is 3.55. The highest BCUT2D eigenvalue weighted by Gasteiger charge is 2.32. The molecule has 12 heavy (non-hydrogen) atoms. The average molecular weight is 167 g/mol. The Morgan fingerprint density at radius 2 is 2.50 bits per heavy atom. The highest BCUT2D eigenvalue weighted by molar-refractivity contribution is 5.99. The predicted octanol–water partition coefficient (Wildman–Crippen LogP) is 1.11. The Labute approximate surface area is 69.4 Å². The van der Waals surface area contributed by atoms with E-state index in [1.807, 2.05) is 0 Å². The predicted molar refractivity (Wildman–Crippen MR) is 41.6 cm³/mol. The van der Waals surface area contributed by atoms with Crippen molar-refractivity contribution in [2.45, 2.75) is 19.1 Å². The number of furan rings is 1. The van der Waals surface area contributed by atoms with Gasteiger partial charge in [0, 0.05) is 6.92 Å². The van der Waals surface area contributed by atoms with Crippen LogP contribution in [0.15, 0.2) is 28.0 Å². The van der Waals surface area contributed by atoms with Gasteiger partial charge < -0.3 is 14.4 Å². The molecular weight excluding hydrogens is 158 g/mol. The van der Waals surface area contributed by atoms with Crippen molar-refractivity contribution in [3.8, 4) is 0 Å². The van der Waals surface area contributed by atoms with Crippen LogP contribution in [0.25, 0.3) is 0 Å². The summed E-state index contributed by atoms with van der Waals surface area (Å²) in [6.07, 6.45) is 1.92. The summed E-state index contributed by atoms with van der Waals surface area (Å²) in [5.41, 5.74) is 0.644. The first kappa shape index (κ1) is 7.36. The van der Waals surface area contributed by atoms with Crippen molar-refractivity contribution in [1.82, 2.24) is 0 Å². The Kier molecular flexibility index (Phi) is 1.44. The Balaban J connectivity index is 2.20. The van der Waals surface area contributed by atoms with E-state index in [9.17, 15) is 5.11 Å². The van der Waals surface area contributed by atoms with Crippen LogP contribution in [0.3, 0.4) is 0 Å². The molecule has 64 valence electrons. The maximum Gasteiger partial charge on any atom is 0.237 e. The zero-order valence-electron chi connectivity index (χ0n) is 6.65. The lowest BCUT2D eigenvalue weighted by atomic mass is 10.1. The lowest BCUT2D eigenvalue weighted by Crippen LogP contribution is -2.23. The largest absolute Gasteiger partial charge is 0.463 e. The van der Waals surface area contributed by atoms with Gasteiger partial charge in [0.25, 0.3) is 0 Å². The minimum Gasteiger partial charge on any atom is -0.463 e. The molecule has 0 saturated heterocycles. The summed E-state index contributed by atoms with van der Waals surface area (Å²) in [6.45, 7) is 1.56. The number of hydrogen-bond donors (Lipinski definition) is 1. The molecule has 0 spiro atoms. The molecule has 1 aliphatic heterocycles. The number of hydrogen-bond acceptors (Lipinski definition) is 4. The van der Waals surface area contributed by atoms with Gasteiger partial charge in [0.1, 0.15) is 5.71 Å². The second-order valence-electron chi connectivity index (χ2n) is 2.96. The van der Waals surface area contributed by atoms with Crippen molar-refractivity contribution in [1.29, 1.82) is 0 Å². The molecule has 0 amide bonds. The first-order chi connectivity index (χ1) is 5.67. The zero-order valence-corrected chi connectivity index (χ0v) is 6.65. The van der Waals surface area contributed by atoms with E-state index in [0.29, 0.717) is 17.9 Å². The Morgan fingerprint density at radius 1 is 1.67 bits per heavy atom. The molecule has 4 nitrogen and oxygen atoms in total. The molecule has 2 heterocycles. The maximum atomic E-state index is 9.39. The van der Waals surface area contributed by atoms with Crippen LogP contribution >= 0.6 is 0 Å². The number of nitrogens with zero attached hydrogens (tertiary/aromatic N) is 1. The number of rotatable bonds is 1. The standard InChI is InChI=1S/C8H9NO3/c1-8(10)5-6(9-12-8)7-3-2-4-11-7/h2-4,10H,5H2,1H3. The van der Waals surface area contributed by atoms with E-state index in [1.165, 1.54) is 0 Å². The van der Waals surface area contributed by atoms with Gasteiger partial charge in [-0.05, 0) is 12.1 Å². The van der Waals surface area contributed by atoms with Gasteiger partial charge in [-0.25, -0.2) is 0 Å². The molecule has 1 aliphatic rings. The molecule has 0 saturated carbocycles. The lowest BCUT2D eigenvalue weighted by molar-refractivity contribution is -0.170. The minimum atomic E-state index is -1.18. The first-order valence-electron chi connectivity index (χ1n) is 3.69. The van der Waals surface area contributed by atoms with Gasteiger partial charge in [-0.15, -0.1) is 0 Å². The summed E-state index contributed by atoms with van der Waals surface area (Å²) >= 11 is 0. The second kappa shape index (κ2) is 2.35. The van der Waals surface area contributed by atoms with Crippen molar-refractivity contribution < 1.29 is 14.4 Å². The molecule has 1 aromatic heterocycles. The Morgan fingerprint density at radius 3 is 3.00 bits per heavy atom. The van der Waals surface area contributed by atoms with Crippen molar-refractivity contribution in [2.75, 3.05) is 0 Å². The molecule has 1 aromatic rings. The van der Waals surface area contributed by atoms with Crippen LogP contribution in [0, 0.1) is 0 Å². The highest BCUT2D eigenvalue weighted by Crippen LogP contribution is 2.23. The van der Waals surface area contributed by atoms with Crippen LogP contribution in [-0.4, -0.2) is 16.6 Å². The summed E-state index contributed by atoms with van der Waals surface area (Å²) < 4.78 is 5.09. The molecular formula is C8H9NO3. The SMILES string of the molecule is CC1(O)CC(c2ccco2)=NO1. The van der Waals surface area contributed by atoms with E-state index in [-0.39, 0.29) is 0 Å². The summed E-state index contributed by atoms with van der Waals surface area (Å²) in [4.78, 5) is 4.76. The van der Waals surface area contributed by atoms with Crippen LogP contribution in [0.1, 0.15) is 19.1 Å². The lowest BCUT2D eigenvalue weighted by Gasteiger charge is -2.11. The molecule has 4 heteroatoms. The van der Waals surface area contributed by atoms with E-state index >= 15 is 0 Å². The van der Waals surface area contributed by atoms with Crippen molar-refractivity contribution in [3.05, 3.63) is 24.2 Å². The van der Waals surface area contributed by atoms with E-state index in [4.69, 9.17) is 9.25 Å². The Hall–Kier alpha value is -1.29. The third-order valence-electron chi connectivity index (χ3n) is 1.65. The van der Waals surface area contributed by atoms with Crippen molar-refractivity contribution in [3.63, 3.8) is 0 Å². The molecule has 0 aromatic carbocycles. The minimum absolute atomic E-state index is 0.362. The zero-order chi connectivity index (χ0) is 8.60. The van der Waals surface area contributed by atoms with E-state index in [1.54, 1.807) is 25.3 Å². The van der Waals surface area contributed by atoms with Gasteiger partial charge in [-0.2, -0.15) is 0 Å². The van der Waals surface area contributed by atoms with Crippen molar-refractivity contribution >= 4 is 5.71 Å². The van der Waals surface area contributed by atoms with Crippen LogP contribution < -0.4 is 0 Å². The molecule has 1 unspecified atom stereocenters. The van der Waals surface area contributed by atoms with Gasteiger partial charge in [0.2, 0.25) is 5.79 Å². The molecule has 0 bridgehead atoms. The van der Waals surface area contributed by atoms with E-state index in [0.717, 1.165) is 0 Å². The van der Waals surface area contributed by atoms with Gasteiger partial charge in [0.05, 0.1) is 12.7 Å². The van der Waals surface area contributed by atoms with Gasteiger partial charge in [0.15, 0.2) is 5.76 Å².